The lowest BCUT2D eigenvalue weighted by molar-refractivity contribution is 0.00607. The van der Waals surface area contributed by atoms with Crippen molar-refractivity contribution in [3.05, 3.63) is 5.56 Å². The Bertz CT molecular complexity index is 1480. The standard InChI is InChI=1S/C40H68F2N8O4S/c41-31-26-45-39-33(38(43)47-50(39)36(31)29-16-12-8-2-1-3-9-13-17-29)40(51)46-32-27-44-35(28-14-10-6-4-5-7-11-15-28)34(42)37(32)48-20-18-30(19-21-48)55(52,53)49-22-24-54-25-23-49/h28-32,34-37,44-45H,1-27H2,(H2,43,47)(H,46,51). The summed E-state index contributed by atoms with van der Waals surface area (Å²) in [6.45, 7) is 2.85. The van der Waals surface area contributed by atoms with Crippen LogP contribution in [-0.4, -0.2) is 122 Å². The van der Waals surface area contributed by atoms with E-state index in [1.54, 1.807) is 8.99 Å². The number of piperidine rings is 2. The lowest BCUT2D eigenvalue weighted by Gasteiger charge is -2.49. The molecule has 2 aliphatic carbocycles. The fourth-order valence-electron chi connectivity index (χ4n) is 10.9. The Labute approximate surface area is 327 Å². The van der Waals surface area contributed by atoms with Gasteiger partial charge in [-0.2, -0.15) is 9.40 Å². The van der Waals surface area contributed by atoms with Gasteiger partial charge in [0.2, 0.25) is 10.0 Å². The highest BCUT2D eigenvalue weighted by molar-refractivity contribution is 7.89. The molecule has 1 aromatic rings. The number of nitrogen functional groups attached to an aromatic ring is 1. The maximum Gasteiger partial charge on any atom is 0.259 e. The molecule has 15 heteroatoms. The Morgan fingerprint density at radius 2 is 1.33 bits per heavy atom. The number of hydrogen-bond donors (Lipinski definition) is 4. The minimum atomic E-state index is -3.50. The number of carbonyl (C=O) groups excluding carboxylic acids is 1. The van der Waals surface area contributed by atoms with E-state index in [-0.39, 0.29) is 35.8 Å². The van der Waals surface area contributed by atoms with Gasteiger partial charge in [-0.3, -0.25) is 9.69 Å². The number of likely N-dealkylation sites (tertiary alicyclic amines) is 1. The number of alkyl halides is 2. The third-order valence-corrected chi connectivity index (χ3v) is 16.3. The van der Waals surface area contributed by atoms with Crippen LogP contribution in [0.25, 0.3) is 0 Å². The van der Waals surface area contributed by atoms with Crippen LogP contribution in [0.4, 0.5) is 20.4 Å². The molecule has 6 atom stereocenters. The molecule has 0 radical (unpaired) electrons. The second kappa shape index (κ2) is 19.1. The van der Waals surface area contributed by atoms with Crippen molar-refractivity contribution in [3.63, 3.8) is 0 Å². The molecule has 1 aromatic heterocycles. The molecule has 55 heavy (non-hydrogen) atoms. The van der Waals surface area contributed by atoms with Gasteiger partial charge in [-0.25, -0.2) is 21.9 Å². The van der Waals surface area contributed by atoms with E-state index >= 15 is 8.78 Å². The molecule has 7 rings (SSSR count). The van der Waals surface area contributed by atoms with Gasteiger partial charge >= 0.3 is 0 Å². The van der Waals surface area contributed by atoms with Crippen LogP contribution in [0.1, 0.15) is 138 Å². The van der Waals surface area contributed by atoms with E-state index in [2.05, 4.69) is 25.9 Å². The Kier molecular flexibility index (Phi) is 14.3. The lowest BCUT2D eigenvalue weighted by atomic mass is 9.80. The summed E-state index contributed by atoms with van der Waals surface area (Å²) >= 11 is 0. The van der Waals surface area contributed by atoms with Crippen molar-refractivity contribution in [2.24, 2.45) is 11.8 Å². The third-order valence-electron chi connectivity index (χ3n) is 13.9. The number of amides is 1. The van der Waals surface area contributed by atoms with E-state index in [4.69, 9.17) is 10.5 Å². The summed E-state index contributed by atoms with van der Waals surface area (Å²) in [5.74, 6) is 0.353. The summed E-state index contributed by atoms with van der Waals surface area (Å²) < 4.78 is 69.0. The molecular weight excluding hydrogens is 727 g/mol. The number of rotatable bonds is 7. The zero-order valence-corrected chi connectivity index (χ0v) is 33.8. The van der Waals surface area contributed by atoms with Crippen LogP contribution >= 0.6 is 0 Å². The molecule has 6 aliphatic rings. The minimum absolute atomic E-state index is 0.0497. The molecule has 4 aliphatic heterocycles. The highest BCUT2D eigenvalue weighted by atomic mass is 32.2. The number of sulfonamides is 1. The maximum absolute atomic E-state index is 17.4. The van der Waals surface area contributed by atoms with Crippen LogP contribution in [0.15, 0.2) is 0 Å². The lowest BCUT2D eigenvalue weighted by Crippen LogP contribution is -2.70. The maximum atomic E-state index is 17.4. The number of aromatic nitrogens is 2. The van der Waals surface area contributed by atoms with E-state index in [1.165, 1.54) is 44.9 Å². The van der Waals surface area contributed by atoms with Crippen molar-refractivity contribution >= 4 is 27.6 Å². The van der Waals surface area contributed by atoms with Crippen molar-refractivity contribution < 1.29 is 26.7 Å². The Balaban J connectivity index is 1.10. The summed E-state index contributed by atoms with van der Waals surface area (Å²) in [4.78, 5) is 16.5. The number of fused-ring (bicyclic) bond motifs is 1. The number of nitrogens with zero attached hydrogens (tertiary/aromatic N) is 4. The van der Waals surface area contributed by atoms with Gasteiger partial charge in [-0.15, -0.1) is 0 Å². The zero-order chi connectivity index (χ0) is 38.4. The van der Waals surface area contributed by atoms with Gasteiger partial charge in [0.1, 0.15) is 23.7 Å². The summed E-state index contributed by atoms with van der Waals surface area (Å²) in [6, 6.07) is -2.07. The number of anilines is 2. The fraction of sp³-hybridized carbons (Fsp3) is 0.900. The van der Waals surface area contributed by atoms with Crippen LogP contribution in [0.5, 0.6) is 0 Å². The normalized spacial score (nSPS) is 32.7. The van der Waals surface area contributed by atoms with Crippen molar-refractivity contribution in [2.45, 2.75) is 164 Å². The van der Waals surface area contributed by atoms with Gasteiger partial charge < -0.3 is 26.4 Å². The summed E-state index contributed by atoms with van der Waals surface area (Å²) in [5.41, 5.74) is 6.72. The number of nitrogens with one attached hydrogen (secondary N) is 3. The predicted octanol–water partition coefficient (Wildman–Crippen LogP) is 5.56. The highest BCUT2D eigenvalue weighted by Crippen LogP contribution is 2.41. The molecule has 1 amide bonds. The van der Waals surface area contributed by atoms with Gasteiger partial charge in [0.25, 0.3) is 5.91 Å². The summed E-state index contributed by atoms with van der Waals surface area (Å²) in [7, 11) is -3.50. The first-order valence-electron chi connectivity index (χ1n) is 22.0. The van der Waals surface area contributed by atoms with Crippen LogP contribution < -0.4 is 21.7 Å². The van der Waals surface area contributed by atoms with Crippen LogP contribution in [0.2, 0.25) is 0 Å². The summed E-state index contributed by atoms with van der Waals surface area (Å²) in [5, 5.41) is 14.0. The van der Waals surface area contributed by atoms with Gasteiger partial charge in [0.05, 0.1) is 36.6 Å². The highest BCUT2D eigenvalue weighted by Gasteiger charge is 2.48. The number of nitrogens with two attached hydrogens (primary N) is 1. The number of halogens is 2. The van der Waals surface area contributed by atoms with Crippen LogP contribution in [0, 0.1) is 11.8 Å². The van der Waals surface area contributed by atoms with Crippen molar-refractivity contribution in [1.29, 1.82) is 0 Å². The molecule has 0 aromatic carbocycles. The summed E-state index contributed by atoms with van der Waals surface area (Å²) in [6.07, 6.45) is 17.3. The van der Waals surface area contributed by atoms with Gasteiger partial charge in [0, 0.05) is 32.2 Å². The molecule has 5 heterocycles. The number of hydrogen-bond acceptors (Lipinski definition) is 9. The Morgan fingerprint density at radius 1 is 0.764 bits per heavy atom. The average Bonchev–Trinajstić information content (AvgIpc) is 3.59. The predicted molar refractivity (Wildman–Crippen MR) is 212 cm³/mol. The quantitative estimate of drug-likeness (QED) is 0.279. The molecule has 3 saturated heterocycles. The molecule has 0 spiro atoms. The van der Waals surface area contributed by atoms with Crippen LogP contribution in [-0.2, 0) is 14.8 Å². The van der Waals surface area contributed by atoms with E-state index < -0.39 is 51.6 Å². The molecule has 0 bridgehead atoms. The van der Waals surface area contributed by atoms with E-state index in [1.807, 2.05) is 0 Å². The fourth-order valence-corrected chi connectivity index (χ4v) is 12.8. The zero-order valence-electron chi connectivity index (χ0n) is 33.0. The first-order chi connectivity index (χ1) is 26.7. The average molecular weight is 795 g/mol. The smallest absolute Gasteiger partial charge is 0.259 e. The Morgan fingerprint density at radius 3 is 1.93 bits per heavy atom. The van der Waals surface area contributed by atoms with Crippen molar-refractivity contribution in [3.8, 4) is 0 Å². The van der Waals surface area contributed by atoms with Gasteiger partial charge in [-0.1, -0.05) is 83.5 Å². The van der Waals surface area contributed by atoms with E-state index in [0.29, 0.717) is 64.6 Å². The second-order valence-electron chi connectivity index (χ2n) is 17.5. The molecular formula is C40H68F2N8O4S. The Hall–Kier alpha value is -2.07. The van der Waals surface area contributed by atoms with Gasteiger partial charge in [0.15, 0.2) is 5.82 Å². The second-order valence-corrected chi connectivity index (χ2v) is 19.7. The number of carbonyl (C=O) groups is 1. The van der Waals surface area contributed by atoms with E-state index in [0.717, 1.165) is 64.2 Å². The third kappa shape index (κ3) is 9.47. The monoisotopic (exact) mass is 795 g/mol. The van der Waals surface area contributed by atoms with Gasteiger partial charge in [-0.05, 0) is 63.5 Å². The number of ether oxygens (including phenoxy) is 1. The topological polar surface area (TPSA) is 147 Å². The molecule has 2 saturated carbocycles. The van der Waals surface area contributed by atoms with Crippen molar-refractivity contribution in [1.82, 2.24) is 29.6 Å². The molecule has 5 fully saturated rings. The molecule has 5 N–H and O–H groups in total. The number of morpholine rings is 1. The largest absolute Gasteiger partial charge is 0.381 e. The van der Waals surface area contributed by atoms with E-state index in [9.17, 15) is 13.2 Å². The molecule has 12 nitrogen and oxygen atoms in total. The first-order valence-corrected chi connectivity index (χ1v) is 23.5. The first kappa shape index (κ1) is 41.1. The molecule has 312 valence electrons. The van der Waals surface area contributed by atoms with Crippen LogP contribution in [0.3, 0.4) is 0 Å². The SMILES string of the molecule is Nc1nn2c(c1C(=O)NC1CNC(C3CCCCCCCC3)C(F)C1N1CCC(S(=O)(=O)N3CCOCC3)CC1)NCC(F)C2C1CCCCCCCCC1. The van der Waals surface area contributed by atoms with Crippen molar-refractivity contribution in [2.75, 3.05) is 63.5 Å². The molecule has 6 unspecified atom stereocenters. The minimum Gasteiger partial charge on any atom is -0.381 e.